The number of carbonyl (C=O) groups excluding carboxylic acids is 3. The van der Waals surface area contributed by atoms with Crippen molar-refractivity contribution in [2.45, 2.75) is 18.2 Å². The van der Waals surface area contributed by atoms with Gasteiger partial charge in [0.15, 0.2) is 6.61 Å². The van der Waals surface area contributed by atoms with Crippen LogP contribution < -0.4 is 10.6 Å². The van der Waals surface area contributed by atoms with Crippen molar-refractivity contribution in [1.29, 1.82) is 0 Å². The first-order valence-electron chi connectivity index (χ1n) is 8.88. The minimum Gasteiger partial charge on any atom is -0.452 e. The van der Waals surface area contributed by atoms with Gasteiger partial charge in [-0.2, -0.15) is 4.31 Å². The lowest BCUT2D eigenvalue weighted by Crippen LogP contribution is -2.41. The van der Waals surface area contributed by atoms with Crippen LogP contribution in [-0.2, 0) is 24.3 Å². The van der Waals surface area contributed by atoms with E-state index in [-0.39, 0.29) is 23.5 Å². The first kappa shape index (κ1) is 23.3. The third-order valence-electron chi connectivity index (χ3n) is 3.88. The first-order chi connectivity index (χ1) is 13.8. The second-order valence-electron chi connectivity index (χ2n) is 6.04. The number of hydrogen-bond acceptors (Lipinski definition) is 7. The molecule has 1 aliphatic rings. The molecule has 0 unspecified atom stereocenters. The molecule has 29 heavy (non-hydrogen) atoms. The molecule has 1 heterocycles. The Kier molecular flexibility index (Phi) is 8.56. The van der Waals surface area contributed by atoms with Gasteiger partial charge in [-0.05, 0) is 40.5 Å². The van der Waals surface area contributed by atoms with Crippen molar-refractivity contribution in [3.05, 3.63) is 28.2 Å². The number of sulfonamides is 1. The summed E-state index contributed by atoms with van der Waals surface area (Å²) in [6.07, 6.45) is 0.704. The molecule has 0 spiro atoms. The van der Waals surface area contributed by atoms with Crippen LogP contribution in [0.5, 0.6) is 0 Å². The van der Waals surface area contributed by atoms with Crippen LogP contribution >= 0.6 is 15.9 Å². The summed E-state index contributed by atoms with van der Waals surface area (Å²) in [5, 5.41) is 4.47. The van der Waals surface area contributed by atoms with Crippen LogP contribution in [0.2, 0.25) is 0 Å². The third-order valence-corrected chi connectivity index (χ3v) is 6.77. The zero-order valence-corrected chi connectivity index (χ0v) is 18.2. The van der Waals surface area contributed by atoms with Gasteiger partial charge in [-0.3, -0.25) is 10.1 Å². The Bertz CT molecular complexity index is 870. The molecule has 0 radical (unpaired) electrons. The minimum atomic E-state index is -3.84. The average Bonchev–Trinajstić information content (AvgIpc) is 2.71. The Morgan fingerprint density at radius 1 is 1.24 bits per heavy atom. The van der Waals surface area contributed by atoms with Crippen molar-refractivity contribution in [2.24, 2.45) is 0 Å². The molecule has 2 rings (SSSR count). The van der Waals surface area contributed by atoms with Crippen molar-refractivity contribution in [2.75, 3.05) is 39.5 Å². The molecule has 1 fully saturated rings. The Balaban J connectivity index is 2.03. The molecule has 2 N–H and O–H groups in total. The maximum atomic E-state index is 12.8. The van der Waals surface area contributed by atoms with Crippen LogP contribution in [0.1, 0.15) is 23.7 Å². The lowest BCUT2D eigenvalue weighted by atomic mass is 10.2. The zero-order chi connectivity index (χ0) is 21.4. The van der Waals surface area contributed by atoms with Gasteiger partial charge < -0.3 is 14.8 Å². The van der Waals surface area contributed by atoms with Gasteiger partial charge in [0.1, 0.15) is 0 Å². The quantitative estimate of drug-likeness (QED) is 0.540. The van der Waals surface area contributed by atoms with E-state index in [0.717, 1.165) is 0 Å². The van der Waals surface area contributed by atoms with E-state index in [1.807, 2.05) is 12.2 Å². The van der Waals surface area contributed by atoms with E-state index in [1.54, 1.807) is 0 Å². The maximum Gasteiger partial charge on any atom is 0.338 e. The summed E-state index contributed by atoms with van der Waals surface area (Å²) in [6.45, 7) is 2.58. The van der Waals surface area contributed by atoms with Gasteiger partial charge in [0.25, 0.3) is 5.91 Å². The predicted octanol–water partition coefficient (Wildman–Crippen LogP) is 0.863. The molecule has 3 amide bonds. The van der Waals surface area contributed by atoms with Crippen molar-refractivity contribution >= 4 is 43.9 Å². The van der Waals surface area contributed by atoms with E-state index in [2.05, 4.69) is 21.2 Å². The van der Waals surface area contributed by atoms with Crippen LogP contribution in [0.25, 0.3) is 0 Å². The molecule has 0 saturated carbocycles. The zero-order valence-electron chi connectivity index (χ0n) is 15.8. The van der Waals surface area contributed by atoms with Crippen LogP contribution in [0, 0.1) is 0 Å². The van der Waals surface area contributed by atoms with Gasteiger partial charge in [0, 0.05) is 24.1 Å². The highest BCUT2D eigenvalue weighted by atomic mass is 79.9. The van der Waals surface area contributed by atoms with Crippen molar-refractivity contribution in [3.8, 4) is 0 Å². The maximum absolute atomic E-state index is 12.8. The molecule has 0 aliphatic carbocycles. The predicted molar refractivity (Wildman–Crippen MR) is 106 cm³/mol. The third kappa shape index (κ3) is 6.49. The molecule has 0 bridgehead atoms. The van der Waals surface area contributed by atoms with Crippen LogP contribution in [-0.4, -0.2) is 70.1 Å². The minimum absolute atomic E-state index is 0.0386. The van der Waals surface area contributed by atoms with E-state index in [0.29, 0.717) is 30.7 Å². The van der Waals surface area contributed by atoms with E-state index in [9.17, 15) is 22.8 Å². The first-order valence-corrected chi connectivity index (χ1v) is 11.1. The molecule has 10 nitrogen and oxygen atoms in total. The number of morpholine rings is 1. The van der Waals surface area contributed by atoms with Gasteiger partial charge >= 0.3 is 12.0 Å². The Hall–Kier alpha value is -2.02. The van der Waals surface area contributed by atoms with Crippen molar-refractivity contribution < 1.29 is 32.3 Å². The molecule has 1 aliphatic heterocycles. The average molecular weight is 492 g/mol. The van der Waals surface area contributed by atoms with Crippen LogP contribution in [0.3, 0.4) is 0 Å². The molecule has 1 aromatic rings. The van der Waals surface area contributed by atoms with E-state index < -0.39 is 34.5 Å². The molecule has 0 aromatic heterocycles. The topological polar surface area (TPSA) is 131 Å². The normalized spacial score (nSPS) is 14.8. The number of nitrogens with one attached hydrogen (secondary N) is 2. The number of esters is 1. The SMILES string of the molecule is CCCNC(=O)NC(=O)COC(=O)c1ccc(Br)c(S(=O)(=O)N2CCOCC2)c1. The molecular weight excluding hydrogens is 470 g/mol. The number of imide groups is 1. The molecule has 160 valence electrons. The number of rotatable bonds is 7. The monoisotopic (exact) mass is 491 g/mol. The smallest absolute Gasteiger partial charge is 0.338 e. The number of ether oxygens (including phenoxy) is 2. The molecular formula is C17H22BrN3O7S. The highest BCUT2D eigenvalue weighted by Crippen LogP contribution is 2.27. The second kappa shape index (κ2) is 10.7. The summed E-state index contributed by atoms with van der Waals surface area (Å²) in [5.74, 6) is -1.69. The standard InChI is InChI=1S/C17H22BrN3O7S/c1-2-5-19-17(24)20-15(22)11-28-16(23)12-3-4-13(18)14(10-12)29(25,26)21-6-8-27-9-7-21/h3-4,10H,2,5-9,11H2,1H3,(H2,19,20,22,24). The van der Waals surface area contributed by atoms with Gasteiger partial charge in [-0.15, -0.1) is 0 Å². The van der Waals surface area contributed by atoms with E-state index >= 15 is 0 Å². The molecule has 0 atom stereocenters. The van der Waals surface area contributed by atoms with Crippen molar-refractivity contribution in [1.82, 2.24) is 14.9 Å². The summed E-state index contributed by atoms with van der Waals surface area (Å²) < 4.78 is 37.3. The summed E-state index contributed by atoms with van der Waals surface area (Å²) in [5.41, 5.74) is -0.0386. The fourth-order valence-electron chi connectivity index (χ4n) is 2.41. The molecule has 1 saturated heterocycles. The highest BCUT2D eigenvalue weighted by molar-refractivity contribution is 9.10. The van der Waals surface area contributed by atoms with E-state index in [4.69, 9.17) is 9.47 Å². The summed E-state index contributed by atoms with van der Waals surface area (Å²) in [6, 6.07) is 3.29. The Labute approximate surface area is 177 Å². The number of amides is 3. The lowest BCUT2D eigenvalue weighted by Gasteiger charge is -2.26. The number of carbonyl (C=O) groups is 3. The van der Waals surface area contributed by atoms with Gasteiger partial charge in [-0.25, -0.2) is 18.0 Å². The molecule has 12 heteroatoms. The Morgan fingerprint density at radius 3 is 2.59 bits per heavy atom. The van der Waals surface area contributed by atoms with Crippen LogP contribution in [0.15, 0.2) is 27.6 Å². The number of halogens is 1. The van der Waals surface area contributed by atoms with E-state index in [1.165, 1.54) is 22.5 Å². The van der Waals surface area contributed by atoms with Gasteiger partial charge in [-0.1, -0.05) is 6.92 Å². The summed E-state index contributed by atoms with van der Waals surface area (Å²) in [7, 11) is -3.84. The highest BCUT2D eigenvalue weighted by Gasteiger charge is 2.29. The van der Waals surface area contributed by atoms with Crippen molar-refractivity contribution in [3.63, 3.8) is 0 Å². The second-order valence-corrected chi connectivity index (χ2v) is 8.80. The largest absolute Gasteiger partial charge is 0.452 e. The lowest BCUT2D eigenvalue weighted by molar-refractivity contribution is -0.123. The molecule has 1 aromatic carbocycles. The fraction of sp³-hybridized carbons (Fsp3) is 0.471. The van der Waals surface area contributed by atoms with Gasteiger partial charge in [0.05, 0.1) is 23.7 Å². The number of urea groups is 1. The van der Waals surface area contributed by atoms with Gasteiger partial charge in [0.2, 0.25) is 10.0 Å². The number of nitrogens with zero attached hydrogens (tertiary/aromatic N) is 1. The summed E-state index contributed by atoms with van der Waals surface area (Å²) >= 11 is 3.19. The number of benzene rings is 1. The summed E-state index contributed by atoms with van der Waals surface area (Å²) in [4.78, 5) is 35.2. The fourth-order valence-corrected chi connectivity index (χ4v) is 4.77. The Morgan fingerprint density at radius 2 is 1.93 bits per heavy atom. The number of hydrogen-bond donors (Lipinski definition) is 2. The van der Waals surface area contributed by atoms with Crippen LogP contribution in [0.4, 0.5) is 4.79 Å².